The van der Waals surface area contributed by atoms with Crippen LogP contribution in [0.25, 0.3) is 0 Å². The molecule has 0 saturated heterocycles. The molecule has 1 radical (unpaired) electrons. The average Bonchev–Trinajstić information content (AvgIpc) is 2.39. The Morgan fingerprint density at radius 2 is 1.59 bits per heavy atom. The molecule has 0 aromatic heterocycles. The molecule has 3 heteroatoms. The van der Waals surface area contributed by atoms with Gasteiger partial charge in [0.1, 0.15) is 23.0 Å². The summed E-state index contributed by atoms with van der Waals surface area (Å²) in [6, 6.07) is 15.7. The quantitative estimate of drug-likeness (QED) is 0.805. The molecule has 0 aliphatic rings. The molecule has 2 rings (SSSR count). The van der Waals surface area contributed by atoms with Crippen LogP contribution in [-0.2, 0) is 0 Å². The zero-order chi connectivity index (χ0) is 12.1. The van der Waals surface area contributed by atoms with Crippen molar-refractivity contribution < 1.29 is 14.2 Å². The van der Waals surface area contributed by atoms with Crippen LogP contribution in [0.1, 0.15) is 0 Å². The summed E-state index contributed by atoms with van der Waals surface area (Å²) in [5, 5.41) is 0. The van der Waals surface area contributed by atoms with Crippen molar-refractivity contribution in [3.63, 3.8) is 0 Å². The van der Waals surface area contributed by atoms with Crippen molar-refractivity contribution in [2.45, 2.75) is 0 Å². The molecular formula is C14H13O3. The topological polar surface area (TPSA) is 27.7 Å². The standard InChI is InChI=1S/C14H13O3/c1-15-11-5-3-7-13(9-11)17-14-8-4-6-12(10-14)16-2/h3-7,9-10H,1-2H3. The van der Waals surface area contributed by atoms with Gasteiger partial charge in [0.25, 0.3) is 0 Å². The highest BCUT2D eigenvalue weighted by Crippen LogP contribution is 2.26. The molecule has 0 spiro atoms. The number of rotatable bonds is 4. The van der Waals surface area contributed by atoms with Gasteiger partial charge in [0.15, 0.2) is 0 Å². The fourth-order valence-electron chi connectivity index (χ4n) is 1.40. The van der Waals surface area contributed by atoms with Gasteiger partial charge in [-0.15, -0.1) is 0 Å². The molecule has 0 heterocycles. The molecule has 2 aromatic rings. The van der Waals surface area contributed by atoms with E-state index in [1.165, 1.54) is 0 Å². The maximum Gasteiger partial charge on any atom is 0.139 e. The lowest BCUT2D eigenvalue weighted by Crippen LogP contribution is -1.88. The van der Waals surface area contributed by atoms with Gasteiger partial charge in [-0.25, -0.2) is 0 Å². The molecule has 0 unspecified atom stereocenters. The lowest BCUT2D eigenvalue weighted by Gasteiger charge is -2.08. The van der Waals surface area contributed by atoms with Gasteiger partial charge in [0.05, 0.1) is 14.2 Å². The zero-order valence-electron chi connectivity index (χ0n) is 9.77. The van der Waals surface area contributed by atoms with E-state index in [0.29, 0.717) is 11.5 Å². The molecule has 87 valence electrons. The molecule has 0 saturated carbocycles. The Bertz CT molecular complexity index is 449. The van der Waals surface area contributed by atoms with Crippen LogP contribution < -0.4 is 14.2 Å². The second kappa shape index (κ2) is 5.25. The van der Waals surface area contributed by atoms with E-state index in [-0.39, 0.29) is 0 Å². The summed E-state index contributed by atoms with van der Waals surface area (Å²) in [4.78, 5) is 0. The Balaban J connectivity index is 2.18. The van der Waals surface area contributed by atoms with Crippen molar-refractivity contribution in [2.24, 2.45) is 0 Å². The SMILES string of the molecule is COc1cc[c]c(Oc2cccc(OC)c2)c1. The van der Waals surface area contributed by atoms with Gasteiger partial charge >= 0.3 is 0 Å². The van der Waals surface area contributed by atoms with E-state index in [1.54, 1.807) is 26.4 Å². The molecule has 3 nitrogen and oxygen atoms in total. The highest BCUT2D eigenvalue weighted by atomic mass is 16.5. The van der Waals surface area contributed by atoms with Gasteiger partial charge in [-0.3, -0.25) is 0 Å². The largest absolute Gasteiger partial charge is 0.497 e. The predicted octanol–water partition coefficient (Wildman–Crippen LogP) is 3.30. The third-order valence-electron chi connectivity index (χ3n) is 2.25. The van der Waals surface area contributed by atoms with E-state index < -0.39 is 0 Å². The molecule has 0 aliphatic heterocycles. The monoisotopic (exact) mass is 229 g/mol. The Kier molecular flexibility index (Phi) is 3.50. The van der Waals surface area contributed by atoms with Crippen LogP contribution in [0.3, 0.4) is 0 Å². The highest BCUT2D eigenvalue weighted by Gasteiger charge is 2.00. The normalized spacial score (nSPS) is 9.76. The van der Waals surface area contributed by atoms with Crippen LogP contribution in [0.15, 0.2) is 42.5 Å². The van der Waals surface area contributed by atoms with E-state index in [0.717, 1.165) is 11.5 Å². The smallest absolute Gasteiger partial charge is 0.139 e. The van der Waals surface area contributed by atoms with Gasteiger partial charge < -0.3 is 14.2 Å². The van der Waals surface area contributed by atoms with Crippen molar-refractivity contribution in [1.82, 2.24) is 0 Å². The van der Waals surface area contributed by atoms with Crippen LogP contribution in [0.5, 0.6) is 23.0 Å². The van der Waals surface area contributed by atoms with Gasteiger partial charge in [-0.1, -0.05) is 6.07 Å². The van der Waals surface area contributed by atoms with E-state index in [4.69, 9.17) is 14.2 Å². The average molecular weight is 229 g/mol. The van der Waals surface area contributed by atoms with Gasteiger partial charge in [0, 0.05) is 18.2 Å². The highest BCUT2D eigenvalue weighted by molar-refractivity contribution is 5.38. The summed E-state index contributed by atoms with van der Waals surface area (Å²) in [6.07, 6.45) is 0. The minimum absolute atomic E-state index is 0.609. The zero-order valence-corrected chi connectivity index (χ0v) is 9.77. The van der Waals surface area contributed by atoms with Gasteiger partial charge in [-0.05, 0) is 24.3 Å². The second-order valence-electron chi connectivity index (χ2n) is 3.37. The van der Waals surface area contributed by atoms with E-state index in [9.17, 15) is 0 Å². The summed E-state index contributed by atoms with van der Waals surface area (Å²) >= 11 is 0. The first-order chi connectivity index (χ1) is 8.31. The lowest BCUT2D eigenvalue weighted by atomic mass is 10.3. The maximum absolute atomic E-state index is 5.65. The predicted molar refractivity (Wildman–Crippen MR) is 64.9 cm³/mol. The van der Waals surface area contributed by atoms with E-state index in [1.807, 2.05) is 30.3 Å². The number of methoxy groups -OCH3 is 2. The molecule has 0 N–H and O–H groups in total. The number of ether oxygens (including phenoxy) is 3. The summed E-state index contributed by atoms with van der Waals surface area (Å²) in [7, 11) is 3.24. The number of hydrogen-bond acceptors (Lipinski definition) is 3. The first-order valence-corrected chi connectivity index (χ1v) is 5.19. The Morgan fingerprint density at radius 1 is 0.882 bits per heavy atom. The van der Waals surface area contributed by atoms with Crippen molar-refractivity contribution in [3.05, 3.63) is 48.5 Å². The van der Waals surface area contributed by atoms with Crippen LogP contribution in [-0.4, -0.2) is 14.2 Å². The summed E-state index contributed by atoms with van der Waals surface area (Å²) < 4.78 is 15.9. The summed E-state index contributed by atoms with van der Waals surface area (Å²) in [5.41, 5.74) is 0. The number of benzene rings is 2. The van der Waals surface area contributed by atoms with Crippen molar-refractivity contribution in [1.29, 1.82) is 0 Å². The molecule has 2 aromatic carbocycles. The Labute approximate surface area is 101 Å². The molecule has 0 aliphatic carbocycles. The fraction of sp³-hybridized carbons (Fsp3) is 0.143. The Hall–Kier alpha value is -2.16. The van der Waals surface area contributed by atoms with E-state index in [2.05, 4.69) is 6.07 Å². The number of hydrogen-bond donors (Lipinski definition) is 0. The Morgan fingerprint density at radius 3 is 2.35 bits per heavy atom. The van der Waals surface area contributed by atoms with Crippen molar-refractivity contribution in [3.8, 4) is 23.0 Å². The summed E-state index contributed by atoms with van der Waals surface area (Å²) in [6.45, 7) is 0. The van der Waals surface area contributed by atoms with E-state index >= 15 is 0 Å². The molecular weight excluding hydrogens is 216 g/mol. The third kappa shape index (κ3) is 2.91. The molecule has 0 atom stereocenters. The molecule has 0 amide bonds. The second-order valence-corrected chi connectivity index (χ2v) is 3.37. The van der Waals surface area contributed by atoms with Crippen LogP contribution in [0.4, 0.5) is 0 Å². The minimum atomic E-state index is 0.609. The van der Waals surface area contributed by atoms with Crippen molar-refractivity contribution in [2.75, 3.05) is 14.2 Å². The van der Waals surface area contributed by atoms with Crippen LogP contribution >= 0.6 is 0 Å². The van der Waals surface area contributed by atoms with Crippen LogP contribution in [0, 0.1) is 6.07 Å². The lowest BCUT2D eigenvalue weighted by molar-refractivity contribution is 0.404. The summed E-state index contributed by atoms with van der Waals surface area (Å²) in [5.74, 6) is 2.80. The molecule has 0 fully saturated rings. The van der Waals surface area contributed by atoms with Crippen molar-refractivity contribution >= 4 is 0 Å². The van der Waals surface area contributed by atoms with Crippen LogP contribution in [0.2, 0.25) is 0 Å². The maximum atomic E-state index is 5.65. The minimum Gasteiger partial charge on any atom is -0.497 e. The molecule has 17 heavy (non-hydrogen) atoms. The fourth-order valence-corrected chi connectivity index (χ4v) is 1.40. The van der Waals surface area contributed by atoms with Gasteiger partial charge in [-0.2, -0.15) is 0 Å². The van der Waals surface area contributed by atoms with Gasteiger partial charge in [0.2, 0.25) is 0 Å². The first kappa shape index (κ1) is 11.3. The first-order valence-electron chi connectivity index (χ1n) is 5.19. The third-order valence-corrected chi connectivity index (χ3v) is 2.25. The molecule has 0 bridgehead atoms.